The first-order valence-corrected chi connectivity index (χ1v) is 4.88. The zero-order valence-electron chi connectivity index (χ0n) is 8.21. The molecule has 0 aliphatic carbocycles. The van der Waals surface area contributed by atoms with Gasteiger partial charge in [-0.3, -0.25) is 4.90 Å². The summed E-state index contributed by atoms with van der Waals surface area (Å²) in [7, 11) is 5.28. The Kier molecular flexibility index (Phi) is 2.40. The lowest BCUT2D eigenvalue weighted by Crippen LogP contribution is -2.59. The number of nitrogens with zero attached hydrogens (tertiary/aromatic N) is 1. The molecule has 0 amide bonds. The van der Waals surface area contributed by atoms with E-state index in [0.29, 0.717) is 13.0 Å². The molecule has 2 fully saturated rings. The van der Waals surface area contributed by atoms with Gasteiger partial charge in [0.15, 0.2) is 7.85 Å². The highest BCUT2D eigenvalue weighted by Gasteiger charge is 2.56. The van der Waals surface area contributed by atoms with E-state index in [2.05, 4.69) is 0 Å². The van der Waals surface area contributed by atoms with Gasteiger partial charge in [-0.25, -0.2) is 0 Å². The van der Waals surface area contributed by atoms with Crippen LogP contribution in [0.3, 0.4) is 0 Å². The van der Waals surface area contributed by atoms with Crippen LogP contribution in [0.25, 0.3) is 0 Å². The molecule has 6 heteroatoms. The fourth-order valence-electron chi connectivity index (χ4n) is 2.68. The first kappa shape index (κ1) is 11.0. The van der Waals surface area contributed by atoms with Crippen LogP contribution in [0.1, 0.15) is 19.3 Å². The highest BCUT2D eigenvalue weighted by molar-refractivity contribution is 6.14. The summed E-state index contributed by atoms with van der Waals surface area (Å²) in [6, 6.07) is 0. The van der Waals surface area contributed by atoms with Crippen molar-refractivity contribution in [3.05, 3.63) is 11.7 Å². The van der Waals surface area contributed by atoms with E-state index < -0.39 is 17.3 Å². The Morgan fingerprint density at radius 2 is 2.13 bits per heavy atom. The molecular weight excluding hydrogens is 203 g/mol. The van der Waals surface area contributed by atoms with Crippen LogP contribution in [0, 0.1) is 0 Å². The molecule has 3 nitrogen and oxygen atoms in total. The number of rotatable bonds is 1. The molecule has 0 spiro atoms. The van der Waals surface area contributed by atoms with Gasteiger partial charge in [-0.2, -0.15) is 8.78 Å². The molecule has 0 aromatic carbocycles. The highest BCUT2D eigenvalue weighted by atomic mass is 19.3. The van der Waals surface area contributed by atoms with Gasteiger partial charge in [0, 0.05) is 12.1 Å². The number of aliphatic hydroxyl groups is 2. The van der Waals surface area contributed by atoms with Gasteiger partial charge >= 0.3 is 0 Å². The summed E-state index contributed by atoms with van der Waals surface area (Å²) in [4.78, 5) is 1.64. The van der Waals surface area contributed by atoms with Crippen molar-refractivity contribution < 1.29 is 19.0 Å². The van der Waals surface area contributed by atoms with Crippen molar-refractivity contribution in [3.8, 4) is 0 Å². The molecule has 2 radical (unpaired) electrons. The van der Waals surface area contributed by atoms with Crippen molar-refractivity contribution in [3.63, 3.8) is 0 Å². The van der Waals surface area contributed by atoms with Crippen molar-refractivity contribution in [2.24, 2.45) is 0 Å². The van der Waals surface area contributed by atoms with Crippen LogP contribution >= 0.6 is 0 Å². The van der Waals surface area contributed by atoms with E-state index >= 15 is 0 Å². The third-order valence-electron chi connectivity index (χ3n) is 3.46. The largest absolute Gasteiger partial charge is 0.373 e. The van der Waals surface area contributed by atoms with Gasteiger partial charge in [-0.05, 0) is 25.8 Å². The van der Waals surface area contributed by atoms with E-state index in [0.717, 1.165) is 6.42 Å². The van der Waals surface area contributed by atoms with Crippen molar-refractivity contribution in [1.82, 2.24) is 4.90 Å². The molecule has 1 atom stereocenters. The van der Waals surface area contributed by atoms with E-state index in [4.69, 9.17) is 7.85 Å². The fraction of sp³-hybridized carbons (Fsp3) is 0.778. The zero-order chi connectivity index (χ0) is 11.3. The van der Waals surface area contributed by atoms with Crippen LogP contribution in [0.5, 0.6) is 0 Å². The molecule has 15 heavy (non-hydrogen) atoms. The topological polar surface area (TPSA) is 43.7 Å². The lowest BCUT2D eigenvalue weighted by Gasteiger charge is -2.41. The van der Waals surface area contributed by atoms with Crippen LogP contribution in [0.2, 0.25) is 0 Å². The molecule has 0 saturated carbocycles. The summed E-state index contributed by atoms with van der Waals surface area (Å²) >= 11 is 0. The molecule has 2 N–H and O–H groups in total. The molecule has 0 aromatic heterocycles. The Hall–Kier alpha value is -0.455. The van der Waals surface area contributed by atoms with Crippen LogP contribution in [0.15, 0.2) is 11.7 Å². The second-order valence-corrected chi connectivity index (χ2v) is 4.32. The SMILES string of the molecule is [B]C(O)(O)C12CCCN1CC(=C(F)F)C2. The first-order valence-electron chi connectivity index (χ1n) is 4.88. The summed E-state index contributed by atoms with van der Waals surface area (Å²) in [5.74, 6) is 0. The van der Waals surface area contributed by atoms with Gasteiger partial charge in [0.05, 0.1) is 5.54 Å². The quantitative estimate of drug-likeness (QED) is 0.484. The maximum Gasteiger partial charge on any atom is 0.270 e. The summed E-state index contributed by atoms with van der Waals surface area (Å²) in [6.07, 6.45) is -0.596. The van der Waals surface area contributed by atoms with Gasteiger partial charge in [0.25, 0.3) is 6.08 Å². The van der Waals surface area contributed by atoms with Gasteiger partial charge in [-0.1, -0.05) is 0 Å². The third-order valence-corrected chi connectivity index (χ3v) is 3.46. The second kappa shape index (κ2) is 3.27. The van der Waals surface area contributed by atoms with Crippen LogP contribution in [-0.4, -0.2) is 47.3 Å². The molecule has 2 heterocycles. The van der Waals surface area contributed by atoms with Crippen LogP contribution in [-0.2, 0) is 0 Å². The maximum absolute atomic E-state index is 12.5. The van der Waals surface area contributed by atoms with Crippen LogP contribution < -0.4 is 0 Å². The van der Waals surface area contributed by atoms with Gasteiger partial charge in [-0.15, -0.1) is 0 Å². The average Bonchev–Trinajstić information content (AvgIpc) is 2.55. The Morgan fingerprint density at radius 3 is 2.60 bits per heavy atom. The summed E-state index contributed by atoms with van der Waals surface area (Å²) in [5.41, 5.74) is -3.57. The van der Waals surface area contributed by atoms with Gasteiger partial charge in [0.2, 0.25) is 0 Å². The molecule has 2 aliphatic heterocycles. The van der Waals surface area contributed by atoms with E-state index in [1.54, 1.807) is 4.90 Å². The molecule has 0 bridgehead atoms. The molecule has 2 aliphatic rings. The summed E-state index contributed by atoms with van der Waals surface area (Å²) in [6.45, 7) is 0.666. The Bertz CT molecular complexity index is 312. The number of fused-ring (bicyclic) bond motifs is 1. The third kappa shape index (κ3) is 1.51. The zero-order valence-corrected chi connectivity index (χ0v) is 8.21. The van der Waals surface area contributed by atoms with E-state index in [-0.39, 0.29) is 18.5 Å². The lowest BCUT2D eigenvalue weighted by atomic mass is 9.73. The van der Waals surface area contributed by atoms with Crippen molar-refractivity contribution in [1.29, 1.82) is 0 Å². The number of hydrogen-bond acceptors (Lipinski definition) is 3. The fourth-order valence-corrected chi connectivity index (χ4v) is 2.68. The molecule has 1 unspecified atom stereocenters. The van der Waals surface area contributed by atoms with E-state index in [1.807, 2.05) is 0 Å². The lowest BCUT2D eigenvalue weighted by molar-refractivity contribution is -0.169. The number of hydrogen-bond donors (Lipinski definition) is 2. The van der Waals surface area contributed by atoms with Crippen LogP contribution in [0.4, 0.5) is 8.78 Å². The summed E-state index contributed by atoms with van der Waals surface area (Å²) in [5, 5.41) is 19.0. The van der Waals surface area contributed by atoms with E-state index in [1.165, 1.54) is 0 Å². The van der Waals surface area contributed by atoms with Gasteiger partial charge < -0.3 is 10.2 Å². The first-order chi connectivity index (χ1) is 6.87. The Morgan fingerprint density at radius 1 is 1.47 bits per heavy atom. The monoisotopic (exact) mass is 215 g/mol. The summed E-state index contributed by atoms with van der Waals surface area (Å²) < 4.78 is 24.9. The molecular formula is C9H12BF2NO2. The number of halogens is 2. The molecule has 2 saturated heterocycles. The minimum atomic E-state index is -2.42. The Labute approximate surface area is 87.8 Å². The Balaban J connectivity index is 2.35. The second-order valence-electron chi connectivity index (χ2n) is 4.32. The smallest absolute Gasteiger partial charge is 0.270 e. The molecule has 82 valence electrons. The van der Waals surface area contributed by atoms with E-state index in [9.17, 15) is 19.0 Å². The highest BCUT2D eigenvalue weighted by Crippen LogP contribution is 2.47. The minimum absolute atomic E-state index is 0.0346. The van der Waals surface area contributed by atoms with Crippen molar-refractivity contribution >= 4 is 7.85 Å². The standard InChI is InChI=1S/C9H12BF2NO2/c10-9(14,15)8-2-1-3-13(8)5-6(4-8)7(11)12/h14-15H,1-5H2. The predicted molar refractivity (Wildman–Crippen MR) is 50.3 cm³/mol. The molecule has 0 aromatic rings. The average molecular weight is 215 g/mol. The predicted octanol–water partition coefficient (Wildman–Crippen LogP) is 0.182. The van der Waals surface area contributed by atoms with Gasteiger partial charge in [0.1, 0.15) is 5.69 Å². The molecule has 2 rings (SSSR count). The normalized spacial score (nSPS) is 32.1. The maximum atomic E-state index is 12.5. The van der Waals surface area contributed by atoms with Crippen molar-refractivity contribution in [2.45, 2.75) is 30.5 Å². The van der Waals surface area contributed by atoms with Crippen molar-refractivity contribution in [2.75, 3.05) is 13.1 Å². The minimum Gasteiger partial charge on any atom is -0.373 e.